The van der Waals surface area contributed by atoms with Gasteiger partial charge in [0.15, 0.2) is 0 Å². The predicted octanol–water partition coefficient (Wildman–Crippen LogP) is 4.04. The number of ether oxygens (including phenoxy) is 2. The molecule has 0 aromatic heterocycles. The van der Waals surface area contributed by atoms with Crippen LogP contribution in [-0.4, -0.2) is 6.61 Å². The fourth-order valence-corrected chi connectivity index (χ4v) is 1.41. The molecule has 0 heterocycles. The Morgan fingerprint density at radius 1 is 0.882 bits per heavy atom. The third-order valence-corrected chi connectivity index (χ3v) is 2.15. The summed E-state index contributed by atoms with van der Waals surface area (Å²) in [6, 6.07) is 17.2. The maximum absolute atomic E-state index is 5.69. The number of hydrogen-bond acceptors (Lipinski definition) is 2. The van der Waals surface area contributed by atoms with Crippen molar-refractivity contribution >= 4 is 0 Å². The predicted molar refractivity (Wildman–Crippen MR) is 68.7 cm³/mol. The Hall–Kier alpha value is -2.22. The first-order valence-corrected chi connectivity index (χ1v) is 5.45. The summed E-state index contributed by atoms with van der Waals surface area (Å²) in [5, 5.41) is 0. The topological polar surface area (TPSA) is 18.5 Å². The third kappa shape index (κ3) is 3.38. The minimum atomic E-state index is 0.495. The van der Waals surface area contributed by atoms with Crippen LogP contribution in [0, 0.1) is 0 Å². The maximum Gasteiger partial charge on any atom is 0.131 e. The number of benzene rings is 2. The van der Waals surface area contributed by atoms with Crippen molar-refractivity contribution in [3.05, 3.63) is 67.3 Å². The summed E-state index contributed by atoms with van der Waals surface area (Å²) in [5.74, 6) is 2.35. The van der Waals surface area contributed by atoms with Gasteiger partial charge in [0.05, 0.1) is 0 Å². The fourth-order valence-electron chi connectivity index (χ4n) is 1.41. The maximum atomic E-state index is 5.69. The molecule has 0 radical (unpaired) electrons. The molecule has 86 valence electrons. The van der Waals surface area contributed by atoms with Crippen LogP contribution >= 0.6 is 0 Å². The SMILES string of the molecule is C=CCOc1cccc(Oc2ccccc2)c1. The third-order valence-electron chi connectivity index (χ3n) is 2.15. The van der Waals surface area contributed by atoms with Crippen LogP contribution in [0.5, 0.6) is 17.2 Å². The molecule has 2 aromatic carbocycles. The van der Waals surface area contributed by atoms with Crippen molar-refractivity contribution in [2.45, 2.75) is 0 Å². The van der Waals surface area contributed by atoms with Gasteiger partial charge in [0, 0.05) is 6.07 Å². The summed E-state index contributed by atoms with van der Waals surface area (Å²) in [4.78, 5) is 0. The lowest BCUT2D eigenvalue weighted by molar-refractivity contribution is 0.360. The molecule has 0 spiro atoms. The minimum Gasteiger partial charge on any atom is -0.489 e. The van der Waals surface area contributed by atoms with Crippen LogP contribution in [0.4, 0.5) is 0 Å². The van der Waals surface area contributed by atoms with Crippen molar-refractivity contribution in [3.8, 4) is 17.2 Å². The first kappa shape index (κ1) is 11.3. The largest absolute Gasteiger partial charge is 0.489 e. The zero-order chi connectivity index (χ0) is 11.9. The molecule has 0 atom stereocenters. The van der Waals surface area contributed by atoms with Gasteiger partial charge in [0.2, 0.25) is 0 Å². The first-order valence-electron chi connectivity index (χ1n) is 5.45. The van der Waals surface area contributed by atoms with Crippen molar-refractivity contribution in [3.63, 3.8) is 0 Å². The van der Waals surface area contributed by atoms with Gasteiger partial charge in [-0.05, 0) is 24.3 Å². The molecule has 2 nitrogen and oxygen atoms in total. The van der Waals surface area contributed by atoms with Crippen molar-refractivity contribution in [1.29, 1.82) is 0 Å². The van der Waals surface area contributed by atoms with Gasteiger partial charge >= 0.3 is 0 Å². The Morgan fingerprint density at radius 2 is 1.59 bits per heavy atom. The molecule has 0 N–H and O–H groups in total. The Kier molecular flexibility index (Phi) is 3.81. The van der Waals surface area contributed by atoms with Gasteiger partial charge in [-0.15, -0.1) is 0 Å². The summed E-state index contributed by atoms with van der Waals surface area (Å²) in [7, 11) is 0. The van der Waals surface area contributed by atoms with Crippen LogP contribution in [0.15, 0.2) is 67.3 Å². The van der Waals surface area contributed by atoms with E-state index in [9.17, 15) is 0 Å². The van der Waals surface area contributed by atoms with E-state index in [0.29, 0.717) is 6.61 Å². The molecule has 0 aliphatic rings. The fraction of sp³-hybridized carbons (Fsp3) is 0.0667. The zero-order valence-corrected chi connectivity index (χ0v) is 9.50. The van der Waals surface area contributed by atoms with E-state index in [-0.39, 0.29) is 0 Å². The summed E-state index contributed by atoms with van der Waals surface area (Å²) in [6.07, 6.45) is 1.71. The molecule has 17 heavy (non-hydrogen) atoms. The lowest BCUT2D eigenvalue weighted by Gasteiger charge is -2.07. The highest BCUT2D eigenvalue weighted by Crippen LogP contribution is 2.24. The second-order valence-electron chi connectivity index (χ2n) is 3.49. The molecule has 0 aliphatic carbocycles. The van der Waals surface area contributed by atoms with Crippen LogP contribution in [-0.2, 0) is 0 Å². The lowest BCUT2D eigenvalue weighted by Crippen LogP contribution is -1.92. The molecule has 0 saturated heterocycles. The van der Waals surface area contributed by atoms with Crippen LogP contribution < -0.4 is 9.47 Å². The number of rotatable bonds is 5. The summed E-state index contributed by atoms with van der Waals surface area (Å²) in [5.41, 5.74) is 0. The molecule has 2 rings (SSSR count). The molecular formula is C15H14O2. The van der Waals surface area contributed by atoms with Crippen molar-refractivity contribution in [1.82, 2.24) is 0 Å². The van der Waals surface area contributed by atoms with Crippen molar-refractivity contribution in [2.24, 2.45) is 0 Å². The highest BCUT2D eigenvalue weighted by atomic mass is 16.5. The molecule has 2 heteroatoms. The Balaban J connectivity index is 2.08. The average molecular weight is 226 g/mol. The van der Waals surface area contributed by atoms with Gasteiger partial charge in [-0.25, -0.2) is 0 Å². The average Bonchev–Trinajstić information content (AvgIpc) is 2.38. The second-order valence-corrected chi connectivity index (χ2v) is 3.49. The highest BCUT2D eigenvalue weighted by molar-refractivity contribution is 5.36. The van der Waals surface area contributed by atoms with E-state index in [1.807, 2.05) is 54.6 Å². The van der Waals surface area contributed by atoms with E-state index in [4.69, 9.17) is 9.47 Å². The Morgan fingerprint density at radius 3 is 2.35 bits per heavy atom. The van der Waals surface area contributed by atoms with Gasteiger partial charge in [0.25, 0.3) is 0 Å². The molecule has 0 saturated carbocycles. The second kappa shape index (κ2) is 5.75. The van der Waals surface area contributed by atoms with E-state index >= 15 is 0 Å². The number of para-hydroxylation sites is 1. The van der Waals surface area contributed by atoms with Crippen LogP contribution in [0.1, 0.15) is 0 Å². The summed E-state index contributed by atoms with van der Waals surface area (Å²) >= 11 is 0. The molecule has 0 unspecified atom stereocenters. The monoisotopic (exact) mass is 226 g/mol. The quantitative estimate of drug-likeness (QED) is 0.716. The molecule has 0 fully saturated rings. The van der Waals surface area contributed by atoms with Crippen LogP contribution in [0.3, 0.4) is 0 Å². The van der Waals surface area contributed by atoms with E-state index in [2.05, 4.69) is 6.58 Å². The van der Waals surface area contributed by atoms with Crippen LogP contribution in [0.2, 0.25) is 0 Å². The van der Waals surface area contributed by atoms with Crippen LogP contribution in [0.25, 0.3) is 0 Å². The Bertz CT molecular complexity index is 477. The van der Waals surface area contributed by atoms with E-state index in [1.54, 1.807) is 6.08 Å². The van der Waals surface area contributed by atoms with Gasteiger partial charge in [-0.2, -0.15) is 0 Å². The molecular weight excluding hydrogens is 212 g/mol. The van der Waals surface area contributed by atoms with Gasteiger partial charge in [0.1, 0.15) is 23.9 Å². The van der Waals surface area contributed by atoms with Gasteiger partial charge in [-0.1, -0.05) is 36.9 Å². The zero-order valence-electron chi connectivity index (χ0n) is 9.50. The van der Waals surface area contributed by atoms with Crippen molar-refractivity contribution in [2.75, 3.05) is 6.61 Å². The molecule has 0 aliphatic heterocycles. The molecule has 0 amide bonds. The normalized spacial score (nSPS) is 9.65. The van der Waals surface area contributed by atoms with Gasteiger partial charge < -0.3 is 9.47 Å². The van der Waals surface area contributed by atoms with E-state index < -0.39 is 0 Å². The summed E-state index contributed by atoms with van der Waals surface area (Å²) in [6.45, 7) is 4.10. The lowest BCUT2D eigenvalue weighted by atomic mass is 10.3. The molecule has 0 bridgehead atoms. The van der Waals surface area contributed by atoms with Gasteiger partial charge in [-0.3, -0.25) is 0 Å². The highest BCUT2D eigenvalue weighted by Gasteiger charge is 1.98. The molecule has 2 aromatic rings. The Labute approximate surface area is 101 Å². The number of hydrogen-bond donors (Lipinski definition) is 0. The minimum absolute atomic E-state index is 0.495. The van der Waals surface area contributed by atoms with E-state index in [1.165, 1.54) is 0 Å². The summed E-state index contributed by atoms with van der Waals surface area (Å²) < 4.78 is 11.1. The first-order chi connectivity index (χ1) is 8.38. The van der Waals surface area contributed by atoms with E-state index in [0.717, 1.165) is 17.2 Å². The smallest absolute Gasteiger partial charge is 0.131 e. The standard InChI is InChI=1S/C15H14O2/c1-2-11-16-14-9-6-10-15(12-14)17-13-7-4-3-5-8-13/h2-10,12H,1,11H2. The van der Waals surface area contributed by atoms with Crippen molar-refractivity contribution < 1.29 is 9.47 Å².